The summed E-state index contributed by atoms with van der Waals surface area (Å²) >= 11 is 1.54. The highest BCUT2D eigenvalue weighted by Gasteiger charge is 2.11. The smallest absolute Gasteiger partial charge is 0.339 e. The minimum Gasteiger partial charge on any atom is -0.497 e. The normalized spacial score (nSPS) is 10.1. The van der Waals surface area contributed by atoms with Crippen LogP contribution < -0.4 is 10.5 Å². The van der Waals surface area contributed by atoms with E-state index in [1.54, 1.807) is 19.2 Å². The third-order valence-corrected chi connectivity index (χ3v) is 3.72. The van der Waals surface area contributed by atoms with Crippen LogP contribution in [0.3, 0.4) is 0 Å². The number of methoxy groups -OCH3 is 2. The molecule has 0 heterocycles. The van der Waals surface area contributed by atoms with Crippen LogP contribution in [0, 0.1) is 0 Å². The van der Waals surface area contributed by atoms with E-state index in [-0.39, 0.29) is 0 Å². The molecule has 2 N–H and O–H groups in total. The number of carbonyl (C=O) groups is 1. The van der Waals surface area contributed by atoms with Gasteiger partial charge in [-0.1, -0.05) is 11.8 Å². The first-order valence-corrected chi connectivity index (χ1v) is 6.75. The lowest BCUT2D eigenvalue weighted by atomic mass is 10.2. The average Bonchev–Trinajstić information content (AvgIpc) is 2.49. The number of anilines is 1. The van der Waals surface area contributed by atoms with Crippen molar-refractivity contribution in [1.29, 1.82) is 0 Å². The molecule has 0 saturated heterocycles. The van der Waals surface area contributed by atoms with Gasteiger partial charge in [-0.15, -0.1) is 0 Å². The fourth-order valence-electron chi connectivity index (χ4n) is 1.67. The van der Waals surface area contributed by atoms with Gasteiger partial charge in [-0.05, 0) is 42.5 Å². The molecule has 0 aliphatic carbocycles. The van der Waals surface area contributed by atoms with Gasteiger partial charge in [-0.3, -0.25) is 0 Å². The summed E-state index contributed by atoms with van der Waals surface area (Å²) in [5.41, 5.74) is 6.56. The van der Waals surface area contributed by atoms with Gasteiger partial charge >= 0.3 is 5.97 Å². The second kappa shape index (κ2) is 6.34. The first kappa shape index (κ1) is 14.3. The molecule has 104 valence electrons. The second-order valence-electron chi connectivity index (χ2n) is 4.02. The van der Waals surface area contributed by atoms with Gasteiger partial charge < -0.3 is 15.2 Å². The van der Waals surface area contributed by atoms with Gasteiger partial charge in [0, 0.05) is 15.5 Å². The van der Waals surface area contributed by atoms with E-state index in [1.807, 2.05) is 30.3 Å². The van der Waals surface area contributed by atoms with Crippen LogP contribution in [0.2, 0.25) is 0 Å². The number of esters is 1. The van der Waals surface area contributed by atoms with Crippen molar-refractivity contribution in [1.82, 2.24) is 0 Å². The molecule has 0 atom stereocenters. The summed E-state index contributed by atoms with van der Waals surface area (Å²) in [4.78, 5) is 13.6. The molecule has 2 aromatic carbocycles. The van der Waals surface area contributed by atoms with Gasteiger partial charge in [-0.25, -0.2) is 4.79 Å². The lowest BCUT2D eigenvalue weighted by Gasteiger charge is -2.07. The lowest BCUT2D eigenvalue weighted by molar-refractivity contribution is 0.0601. The summed E-state index contributed by atoms with van der Waals surface area (Å²) in [5, 5.41) is 0. The molecule has 0 fully saturated rings. The number of nitrogens with two attached hydrogens (primary N) is 1. The van der Waals surface area contributed by atoms with Crippen LogP contribution in [-0.2, 0) is 4.74 Å². The van der Waals surface area contributed by atoms with Crippen LogP contribution in [0.25, 0.3) is 0 Å². The zero-order valence-corrected chi connectivity index (χ0v) is 12.1. The molecule has 0 aliphatic heterocycles. The number of nitrogen functional groups attached to an aromatic ring is 1. The Morgan fingerprint density at radius 3 is 2.30 bits per heavy atom. The summed E-state index contributed by atoms with van der Waals surface area (Å²) < 4.78 is 9.82. The molecule has 0 amide bonds. The first-order chi connectivity index (χ1) is 9.63. The first-order valence-electron chi connectivity index (χ1n) is 5.94. The Kier molecular flexibility index (Phi) is 4.53. The molecule has 0 radical (unpaired) electrons. The van der Waals surface area contributed by atoms with Gasteiger partial charge in [0.05, 0.1) is 19.8 Å². The molecule has 5 heteroatoms. The largest absolute Gasteiger partial charge is 0.497 e. The summed E-state index contributed by atoms with van der Waals surface area (Å²) in [6, 6.07) is 13.0. The van der Waals surface area contributed by atoms with E-state index >= 15 is 0 Å². The SMILES string of the molecule is COC(=O)c1cc(Sc2ccc(OC)cc2)ccc1N. The zero-order chi connectivity index (χ0) is 14.5. The molecule has 2 aromatic rings. The van der Waals surface area contributed by atoms with Crippen molar-refractivity contribution in [3.8, 4) is 5.75 Å². The second-order valence-corrected chi connectivity index (χ2v) is 5.17. The van der Waals surface area contributed by atoms with E-state index in [1.165, 1.54) is 18.9 Å². The summed E-state index contributed by atoms with van der Waals surface area (Å²) in [6.45, 7) is 0. The van der Waals surface area contributed by atoms with Crippen molar-refractivity contribution in [3.05, 3.63) is 48.0 Å². The standard InChI is InChI=1S/C15H15NO3S/c1-18-10-3-5-11(6-4-10)20-12-7-8-14(16)13(9-12)15(17)19-2/h3-9H,16H2,1-2H3. The van der Waals surface area contributed by atoms with E-state index in [0.717, 1.165) is 15.5 Å². The number of benzene rings is 2. The highest BCUT2D eigenvalue weighted by molar-refractivity contribution is 7.99. The molecule has 0 bridgehead atoms. The van der Waals surface area contributed by atoms with Crippen molar-refractivity contribution < 1.29 is 14.3 Å². The topological polar surface area (TPSA) is 61.5 Å². The Hall–Kier alpha value is -2.14. The third kappa shape index (κ3) is 3.24. The lowest BCUT2D eigenvalue weighted by Crippen LogP contribution is -2.05. The van der Waals surface area contributed by atoms with E-state index in [4.69, 9.17) is 15.2 Å². The van der Waals surface area contributed by atoms with Crippen LogP contribution in [-0.4, -0.2) is 20.2 Å². The number of hydrogen-bond donors (Lipinski definition) is 1. The highest BCUT2D eigenvalue weighted by atomic mass is 32.2. The minimum atomic E-state index is -0.431. The van der Waals surface area contributed by atoms with E-state index in [9.17, 15) is 4.79 Å². The Morgan fingerprint density at radius 1 is 1.05 bits per heavy atom. The number of hydrogen-bond acceptors (Lipinski definition) is 5. The van der Waals surface area contributed by atoms with Crippen LogP contribution >= 0.6 is 11.8 Å². The van der Waals surface area contributed by atoms with Crippen molar-refractivity contribution in [2.24, 2.45) is 0 Å². The van der Waals surface area contributed by atoms with E-state index in [0.29, 0.717) is 11.3 Å². The molecule has 20 heavy (non-hydrogen) atoms. The Morgan fingerprint density at radius 2 is 1.70 bits per heavy atom. The fraction of sp³-hybridized carbons (Fsp3) is 0.133. The molecule has 2 rings (SSSR count). The van der Waals surface area contributed by atoms with E-state index < -0.39 is 5.97 Å². The molecule has 0 aromatic heterocycles. The molecular formula is C15H15NO3S. The van der Waals surface area contributed by atoms with Gasteiger partial charge in [-0.2, -0.15) is 0 Å². The van der Waals surface area contributed by atoms with Crippen LogP contribution in [0.5, 0.6) is 5.75 Å². The van der Waals surface area contributed by atoms with Gasteiger partial charge in [0.1, 0.15) is 5.75 Å². The quantitative estimate of drug-likeness (QED) is 0.691. The summed E-state index contributed by atoms with van der Waals surface area (Å²) in [6.07, 6.45) is 0. The zero-order valence-electron chi connectivity index (χ0n) is 11.3. The predicted octanol–water partition coefficient (Wildman–Crippen LogP) is 3.22. The Balaban J connectivity index is 2.22. The van der Waals surface area contributed by atoms with Crippen LogP contribution in [0.1, 0.15) is 10.4 Å². The minimum absolute atomic E-state index is 0.381. The van der Waals surface area contributed by atoms with Crippen LogP contribution in [0.15, 0.2) is 52.3 Å². The van der Waals surface area contributed by atoms with Crippen molar-refractivity contribution >= 4 is 23.4 Å². The maximum Gasteiger partial charge on any atom is 0.339 e. The average molecular weight is 289 g/mol. The molecule has 0 aliphatic rings. The van der Waals surface area contributed by atoms with Crippen LogP contribution in [0.4, 0.5) is 5.69 Å². The Labute approximate surface area is 121 Å². The number of rotatable bonds is 4. The number of carbonyl (C=O) groups excluding carboxylic acids is 1. The predicted molar refractivity (Wildman–Crippen MR) is 79.3 cm³/mol. The van der Waals surface area contributed by atoms with E-state index in [2.05, 4.69) is 0 Å². The monoisotopic (exact) mass is 289 g/mol. The van der Waals surface area contributed by atoms with Gasteiger partial charge in [0.25, 0.3) is 0 Å². The third-order valence-electron chi connectivity index (χ3n) is 2.73. The van der Waals surface area contributed by atoms with Gasteiger partial charge in [0.2, 0.25) is 0 Å². The van der Waals surface area contributed by atoms with Gasteiger partial charge in [0.15, 0.2) is 0 Å². The molecule has 0 spiro atoms. The fourth-order valence-corrected chi connectivity index (χ4v) is 2.52. The summed E-state index contributed by atoms with van der Waals surface area (Å²) in [5.74, 6) is 0.376. The molecule has 0 unspecified atom stereocenters. The number of ether oxygens (including phenoxy) is 2. The van der Waals surface area contributed by atoms with Crippen molar-refractivity contribution in [3.63, 3.8) is 0 Å². The molecule has 0 saturated carbocycles. The van der Waals surface area contributed by atoms with Crippen molar-refractivity contribution in [2.75, 3.05) is 20.0 Å². The maximum atomic E-state index is 11.6. The molecular weight excluding hydrogens is 274 g/mol. The Bertz CT molecular complexity index is 611. The highest BCUT2D eigenvalue weighted by Crippen LogP contribution is 2.31. The molecule has 4 nitrogen and oxygen atoms in total. The summed E-state index contributed by atoms with van der Waals surface area (Å²) in [7, 11) is 2.97. The van der Waals surface area contributed by atoms with Crippen molar-refractivity contribution in [2.45, 2.75) is 9.79 Å². The maximum absolute atomic E-state index is 11.6.